The van der Waals surface area contributed by atoms with Crippen LogP contribution < -0.4 is 10.1 Å². The summed E-state index contributed by atoms with van der Waals surface area (Å²) >= 11 is 0. The van der Waals surface area contributed by atoms with E-state index >= 15 is 0 Å². The number of aliphatic carboxylic acids is 1. The van der Waals surface area contributed by atoms with E-state index in [0.29, 0.717) is 25.1 Å². The molecule has 0 bridgehead atoms. The minimum Gasteiger partial charge on any atom is -0.478 e. The number of ether oxygens (including phenoxy) is 1. The van der Waals surface area contributed by atoms with Gasteiger partial charge in [0.2, 0.25) is 0 Å². The van der Waals surface area contributed by atoms with Crippen LogP contribution in [0.4, 0.5) is 4.79 Å². The highest BCUT2D eigenvalue weighted by atomic mass is 16.6. The lowest BCUT2D eigenvalue weighted by Crippen LogP contribution is -2.28. The van der Waals surface area contributed by atoms with Crippen molar-refractivity contribution in [3.05, 3.63) is 66.7 Å². The first-order chi connectivity index (χ1) is 11.6. The molecule has 1 amide bonds. The van der Waals surface area contributed by atoms with Crippen molar-refractivity contribution in [2.75, 3.05) is 6.54 Å². The van der Waals surface area contributed by atoms with Crippen LogP contribution in [0, 0.1) is 0 Å². The van der Waals surface area contributed by atoms with Gasteiger partial charge in [-0.3, -0.25) is 0 Å². The molecule has 2 aromatic rings. The Morgan fingerprint density at radius 1 is 1.04 bits per heavy atom. The molecule has 0 atom stereocenters. The van der Waals surface area contributed by atoms with Gasteiger partial charge in [-0.05, 0) is 24.5 Å². The van der Waals surface area contributed by atoms with Gasteiger partial charge in [-0.1, -0.05) is 55.1 Å². The Hall–Kier alpha value is -3.08. The Balaban J connectivity index is 1.91. The minimum atomic E-state index is -1.02. The predicted molar refractivity (Wildman–Crippen MR) is 91.9 cm³/mol. The van der Waals surface area contributed by atoms with Crippen molar-refractivity contribution in [3.8, 4) is 16.9 Å². The maximum absolute atomic E-state index is 11.9. The highest BCUT2D eigenvalue weighted by Crippen LogP contribution is 2.29. The molecule has 0 aliphatic rings. The van der Waals surface area contributed by atoms with E-state index < -0.39 is 12.1 Å². The van der Waals surface area contributed by atoms with Crippen LogP contribution >= 0.6 is 0 Å². The van der Waals surface area contributed by atoms with Gasteiger partial charge in [0.05, 0.1) is 0 Å². The Labute approximate surface area is 140 Å². The number of carboxylic acid groups (broad SMARTS) is 1. The van der Waals surface area contributed by atoms with Crippen molar-refractivity contribution >= 4 is 12.1 Å². The molecule has 0 unspecified atom stereocenters. The summed E-state index contributed by atoms with van der Waals surface area (Å²) < 4.78 is 5.37. The third kappa shape index (κ3) is 4.98. The lowest BCUT2D eigenvalue weighted by Gasteiger charge is -2.11. The molecule has 124 valence electrons. The van der Waals surface area contributed by atoms with Crippen molar-refractivity contribution in [2.24, 2.45) is 0 Å². The summed E-state index contributed by atoms with van der Waals surface area (Å²) in [5.41, 5.74) is 1.91. The minimum absolute atomic E-state index is 0.125. The van der Waals surface area contributed by atoms with Gasteiger partial charge in [0.25, 0.3) is 0 Å². The standard InChI is InChI=1S/C19H19NO4/c1-14(18(21)22)8-7-13-20-19(23)24-17-12-6-5-11-16(17)15-9-3-2-4-10-15/h2-6,9-12H,1,7-8,13H2,(H,20,23)(H,21,22). The van der Waals surface area contributed by atoms with Gasteiger partial charge in [0.15, 0.2) is 0 Å². The van der Waals surface area contributed by atoms with E-state index in [9.17, 15) is 9.59 Å². The quantitative estimate of drug-likeness (QED) is 0.598. The first-order valence-electron chi connectivity index (χ1n) is 7.59. The van der Waals surface area contributed by atoms with Crippen LogP contribution in [0.2, 0.25) is 0 Å². The van der Waals surface area contributed by atoms with Crippen molar-refractivity contribution in [1.29, 1.82) is 0 Å². The van der Waals surface area contributed by atoms with Gasteiger partial charge >= 0.3 is 12.1 Å². The molecular weight excluding hydrogens is 306 g/mol. The van der Waals surface area contributed by atoms with Crippen LogP contribution in [-0.4, -0.2) is 23.7 Å². The number of benzene rings is 2. The van der Waals surface area contributed by atoms with E-state index in [0.717, 1.165) is 11.1 Å². The Morgan fingerprint density at radius 3 is 2.42 bits per heavy atom. The van der Waals surface area contributed by atoms with Gasteiger partial charge in [-0.15, -0.1) is 0 Å². The van der Waals surface area contributed by atoms with Gasteiger partial charge < -0.3 is 15.2 Å². The van der Waals surface area contributed by atoms with E-state index in [1.807, 2.05) is 42.5 Å². The highest BCUT2D eigenvalue weighted by Gasteiger charge is 2.10. The fourth-order valence-corrected chi connectivity index (χ4v) is 2.15. The molecule has 0 saturated heterocycles. The van der Waals surface area contributed by atoms with Crippen molar-refractivity contribution in [2.45, 2.75) is 12.8 Å². The Kier molecular flexibility index (Phi) is 6.14. The Morgan fingerprint density at radius 2 is 1.71 bits per heavy atom. The molecule has 0 heterocycles. The van der Waals surface area contributed by atoms with Crippen LogP contribution in [0.3, 0.4) is 0 Å². The molecule has 0 radical (unpaired) electrons. The normalized spacial score (nSPS) is 10.0. The second kappa shape index (κ2) is 8.53. The van der Waals surface area contributed by atoms with Crippen LogP contribution in [0.15, 0.2) is 66.7 Å². The largest absolute Gasteiger partial charge is 0.478 e. The van der Waals surface area contributed by atoms with Crippen molar-refractivity contribution in [3.63, 3.8) is 0 Å². The summed E-state index contributed by atoms with van der Waals surface area (Å²) in [5, 5.41) is 11.3. The van der Waals surface area contributed by atoms with E-state index in [4.69, 9.17) is 9.84 Å². The molecule has 0 fully saturated rings. The van der Waals surface area contributed by atoms with E-state index in [2.05, 4.69) is 11.9 Å². The smallest absolute Gasteiger partial charge is 0.412 e. The third-order valence-electron chi connectivity index (χ3n) is 3.40. The number of nitrogens with one attached hydrogen (secondary N) is 1. The van der Waals surface area contributed by atoms with Crippen LogP contribution in [0.1, 0.15) is 12.8 Å². The monoisotopic (exact) mass is 325 g/mol. The molecule has 0 aromatic heterocycles. The molecule has 0 spiro atoms. The van der Waals surface area contributed by atoms with Gasteiger partial charge in [0.1, 0.15) is 5.75 Å². The zero-order valence-corrected chi connectivity index (χ0v) is 13.2. The van der Waals surface area contributed by atoms with Crippen molar-refractivity contribution < 1.29 is 19.4 Å². The SMILES string of the molecule is C=C(CCCNC(=O)Oc1ccccc1-c1ccccc1)C(=O)O. The summed E-state index contributed by atoms with van der Waals surface area (Å²) in [7, 11) is 0. The maximum atomic E-state index is 11.9. The molecule has 5 heteroatoms. The molecular formula is C19H19NO4. The average Bonchev–Trinajstić information content (AvgIpc) is 2.59. The fraction of sp³-hybridized carbons (Fsp3) is 0.158. The molecule has 2 aromatic carbocycles. The lowest BCUT2D eigenvalue weighted by atomic mass is 10.1. The first kappa shape index (κ1) is 17.3. The zero-order chi connectivity index (χ0) is 17.4. The van der Waals surface area contributed by atoms with E-state index in [1.165, 1.54) is 0 Å². The number of amides is 1. The van der Waals surface area contributed by atoms with Crippen LogP contribution in [-0.2, 0) is 4.79 Å². The third-order valence-corrected chi connectivity index (χ3v) is 3.40. The van der Waals surface area contributed by atoms with Crippen molar-refractivity contribution in [1.82, 2.24) is 5.32 Å². The molecule has 0 aliphatic carbocycles. The van der Waals surface area contributed by atoms with E-state index in [-0.39, 0.29) is 5.57 Å². The van der Waals surface area contributed by atoms with E-state index in [1.54, 1.807) is 12.1 Å². The summed E-state index contributed by atoms with van der Waals surface area (Å²) in [4.78, 5) is 22.5. The van der Waals surface area contributed by atoms with Gasteiger partial charge in [-0.2, -0.15) is 0 Å². The number of hydrogen-bond acceptors (Lipinski definition) is 3. The lowest BCUT2D eigenvalue weighted by molar-refractivity contribution is -0.132. The molecule has 5 nitrogen and oxygen atoms in total. The number of hydrogen-bond donors (Lipinski definition) is 2. The molecule has 2 N–H and O–H groups in total. The molecule has 0 saturated carbocycles. The van der Waals surface area contributed by atoms with Gasteiger partial charge in [-0.25, -0.2) is 9.59 Å². The topological polar surface area (TPSA) is 75.6 Å². The summed E-state index contributed by atoms with van der Waals surface area (Å²) in [6.45, 7) is 3.76. The summed E-state index contributed by atoms with van der Waals surface area (Å²) in [6.07, 6.45) is 0.232. The fourth-order valence-electron chi connectivity index (χ4n) is 2.15. The highest BCUT2D eigenvalue weighted by molar-refractivity contribution is 5.85. The predicted octanol–water partition coefficient (Wildman–Crippen LogP) is 3.86. The molecule has 0 aliphatic heterocycles. The second-order valence-corrected chi connectivity index (χ2v) is 5.19. The van der Waals surface area contributed by atoms with Crippen LogP contribution in [0.25, 0.3) is 11.1 Å². The average molecular weight is 325 g/mol. The first-order valence-corrected chi connectivity index (χ1v) is 7.59. The van der Waals surface area contributed by atoms with Crippen LogP contribution in [0.5, 0.6) is 5.75 Å². The molecule has 24 heavy (non-hydrogen) atoms. The summed E-state index contributed by atoms with van der Waals surface area (Å²) in [6, 6.07) is 16.9. The number of carboxylic acids is 1. The zero-order valence-electron chi connectivity index (χ0n) is 13.2. The number of carbonyl (C=O) groups is 2. The maximum Gasteiger partial charge on any atom is 0.412 e. The molecule has 2 rings (SSSR count). The number of para-hydroxylation sites is 1. The Bertz CT molecular complexity index is 725. The summed E-state index contributed by atoms with van der Waals surface area (Å²) in [5.74, 6) is -0.550. The van der Waals surface area contributed by atoms with Gasteiger partial charge in [0, 0.05) is 17.7 Å². The number of carbonyl (C=O) groups excluding carboxylic acids is 1. The second-order valence-electron chi connectivity index (χ2n) is 5.19. The number of rotatable bonds is 7.